The first-order chi connectivity index (χ1) is 9.79. The van der Waals surface area contributed by atoms with Gasteiger partial charge in [0, 0.05) is 25.2 Å². The number of nitrogens with zero attached hydrogens (tertiary/aromatic N) is 3. The van der Waals surface area contributed by atoms with Crippen molar-refractivity contribution in [1.82, 2.24) is 15.3 Å². The Bertz CT molecular complexity index is 461. The van der Waals surface area contributed by atoms with Gasteiger partial charge in [0.2, 0.25) is 5.88 Å². The average Bonchev–Trinajstić information content (AvgIpc) is 3.30. The molecule has 0 aromatic carbocycles. The van der Waals surface area contributed by atoms with Crippen LogP contribution in [0, 0.1) is 6.92 Å². The summed E-state index contributed by atoms with van der Waals surface area (Å²) in [7, 11) is 1.67. The topological polar surface area (TPSA) is 50.3 Å². The van der Waals surface area contributed by atoms with Gasteiger partial charge in [-0.3, -0.25) is 0 Å². The van der Waals surface area contributed by atoms with Gasteiger partial charge in [-0.2, -0.15) is 0 Å². The van der Waals surface area contributed by atoms with Crippen LogP contribution < -0.4 is 15.0 Å². The normalized spacial score (nSPS) is 22.9. The van der Waals surface area contributed by atoms with Crippen LogP contribution in [-0.4, -0.2) is 42.3 Å². The zero-order valence-electron chi connectivity index (χ0n) is 12.4. The van der Waals surface area contributed by atoms with Crippen molar-refractivity contribution in [2.45, 2.75) is 51.1 Å². The first-order valence-corrected chi connectivity index (χ1v) is 7.65. The molecule has 1 aromatic heterocycles. The molecule has 0 amide bonds. The summed E-state index contributed by atoms with van der Waals surface area (Å²) in [5.41, 5.74) is 1.05. The molecule has 1 unspecified atom stereocenters. The van der Waals surface area contributed by atoms with Gasteiger partial charge in [-0.25, -0.2) is 9.97 Å². The molecule has 0 radical (unpaired) electrons. The Morgan fingerprint density at radius 2 is 2.15 bits per heavy atom. The summed E-state index contributed by atoms with van der Waals surface area (Å²) in [6, 6.07) is 1.31. The Balaban J connectivity index is 1.77. The molecule has 20 heavy (non-hydrogen) atoms. The quantitative estimate of drug-likeness (QED) is 0.890. The molecule has 2 aliphatic rings. The standard InChI is InChI=1S/C15H24N4O/c1-11-14(17-10-18-15(11)20-2)19-8-4-3-5-13(19)9-16-12-6-7-12/h10,12-13,16H,3-9H2,1-2H3. The van der Waals surface area contributed by atoms with Gasteiger partial charge >= 0.3 is 0 Å². The van der Waals surface area contributed by atoms with E-state index in [1.165, 1.54) is 32.1 Å². The summed E-state index contributed by atoms with van der Waals surface area (Å²) in [5.74, 6) is 1.73. The number of hydrogen-bond donors (Lipinski definition) is 1. The van der Waals surface area contributed by atoms with E-state index in [0.29, 0.717) is 11.9 Å². The van der Waals surface area contributed by atoms with Crippen molar-refractivity contribution in [3.8, 4) is 5.88 Å². The molecule has 1 N–H and O–H groups in total. The molecule has 5 heteroatoms. The van der Waals surface area contributed by atoms with Gasteiger partial charge in [0.25, 0.3) is 0 Å². The number of piperidine rings is 1. The first-order valence-electron chi connectivity index (χ1n) is 7.65. The van der Waals surface area contributed by atoms with Crippen LogP contribution in [0.2, 0.25) is 0 Å². The molecule has 3 rings (SSSR count). The third kappa shape index (κ3) is 2.87. The highest BCUT2D eigenvalue weighted by Gasteiger charge is 2.28. The summed E-state index contributed by atoms with van der Waals surface area (Å²) in [4.78, 5) is 11.1. The predicted molar refractivity (Wildman–Crippen MR) is 79.3 cm³/mol. The van der Waals surface area contributed by atoms with E-state index in [1.807, 2.05) is 6.92 Å². The SMILES string of the molecule is COc1ncnc(N2CCCCC2CNC2CC2)c1C. The zero-order chi connectivity index (χ0) is 13.9. The van der Waals surface area contributed by atoms with E-state index in [-0.39, 0.29) is 0 Å². The highest BCUT2D eigenvalue weighted by molar-refractivity contribution is 5.51. The molecule has 110 valence electrons. The van der Waals surface area contributed by atoms with Crippen molar-refractivity contribution in [2.75, 3.05) is 25.1 Å². The van der Waals surface area contributed by atoms with Crippen LogP contribution in [0.5, 0.6) is 5.88 Å². The fourth-order valence-corrected chi connectivity index (χ4v) is 3.00. The monoisotopic (exact) mass is 276 g/mol. The van der Waals surface area contributed by atoms with Gasteiger partial charge in [0.15, 0.2) is 0 Å². The largest absolute Gasteiger partial charge is 0.481 e. The number of hydrogen-bond acceptors (Lipinski definition) is 5. The number of ether oxygens (including phenoxy) is 1. The van der Waals surface area contributed by atoms with Crippen LogP contribution in [0.25, 0.3) is 0 Å². The van der Waals surface area contributed by atoms with E-state index in [4.69, 9.17) is 4.74 Å². The second-order valence-corrected chi connectivity index (χ2v) is 5.86. The molecule has 1 saturated heterocycles. The van der Waals surface area contributed by atoms with Crippen molar-refractivity contribution in [3.05, 3.63) is 11.9 Å². The molecule has 1 saturated carbocycles. The van der Waals surface area contributed by atoms with E-state index < -0.39 is 0 Å². The molecule has 1 aliphatic carbocycles. The smallest absolute Gasteiger partial charge is 0.221 e. The van der Waals surface area contributed by atoms with Gasteiger partial charge in [-0.05, 0) is 39.0 Å². The van der Waals surface area contributed by atoms with Crippen molar-refractivity contribution in [1.29, 1.82) is 0 Å². The number of nitrogens with one attached hydrogen (secondary N) is 1. The lowest BCUT2D eigenvalue weighted by atomic mass is 10.0. The second-order valence-electron chi connectivity index (χ2n) is 5.86. The molecule has 1 atom stereocenters. The Morgan fingerprint density at radius 3 is 2.90 bits per heavy atom. The number of rotatable bonds is 5. The lowest BCUT2D eigenvalue weighted by Gasteiger charge is -2.37. The lowest BCUT2D eigenvalue weighted by molar-refractivity contribution is 0.390. The van der Waals surface area contributed by atoms with E-state index in [1.54, 1.807) is 13.4 Å². The molecule has 5 nitrogen and oxygen atoms in total. The molecule has 2 fully saturated rings. The summed E-state index contributed by atoms with van der Waals surface area (Å²) >= 11 is 0. The Kier molecular flexibility index (Phi) is 4.05. The van der Waals surface area contributed by atoms with Crippen LogP contribution >= 0.6 is 0 Å². The van der Waals surface area contributed by atoms with Crippen molar-refractivity contribution in [3.63, 3.8) is 0 Å². The van der Waals surface area contributed by atoms with E-state index in [2.05, 4.69) is 20.2 Å². The predicted octanol–water partition coefficient (Wildman–Crippen LogP) is 1.90. The van der Waals surface area contributed by atoms with Crippen LogP contribution in [0.3, 0.4) is 0 Å². The highest BCUT2D eigenvalue weighted by atomic mass is 16.5. The van der Waals surface area contributed by atoms with Crippen LogP contribution in [-0.2, 0) is 0 Å². The van der Waals surface area contributed by atoms with Gasteiger partial charge in [0.1, 0.15) is 12.1 Å². The van der Waals surface area contributed by atoms with Crippen molar-refractivity contribution >= 4 is 5.82 Å². The van der Waals surface area contributed by atoms with Gasteiger partial charge in [0.05, 0.1) is 12.7 Å². The van der Waals surface area contributed by atoms with E-state index >= 15 is 0 Å². The summed E-state index contributed by atoms with van der Waals surface area (Å²) < 4.78 is 5.33. The van der Waals surface area contributed by atoms with Gasteiger partial charge < -0.3 is 15.0 Å². The minimum Gasteiger partial charge on any atom is -0.481 e. The van der Waals surface area contributed by atoms with Crippen molar-refractivity contribution < 1.29 is 4.74 Å². The Labute approximate surface area is 120 Å². The molecule has 2 heterocycles. The third-order valence-electron chi connectivity index (χ3n) is 4.32. The highest BCUT2D eigenvalue weighted by Crippen LogP contribution is 2.29. The van der Waals surface area contributed by atoms with Crippen LogP contribution in [0.15, 0.2) is 6.33 Å². The molecule has 1 aliphatic heterocycles. The summed E-state index contributed by atoms with van der Waals surface area (Å²) in [6.07, 6.45) is 8.09. The number of aromatic nitrogens is 2. The fraction of sp³-hybridized carbons (Fsp3) is 0.733. The minimum atomic E-state index is 0.544. The zero-order valence-corrected chi connectivity index (χ0v) is 12.4. The third-order valence-corrected chi connectivity index (χ3v) is 4.32. The van der Waals surface area contributed by atoms with Crippen LogP contribution in [0.4, 0.5) is 5.82 Å². The molecular weight excluding hydrogens is 252 g/mol. The average molecular weight is 276 g/mol. The van der Waals surface area contributed by atoms with Crippen LogP contribution in [0.1, 0.15) is 37.7 Å². The molecular formula is C15H24N4O. The van der Waals surface area contributed by atoms with E-state index in [9.17, 15) is 0 Å². The molecule has 0 spiro atoms. The maximum atomic E-state index is 5.33. The maximum Gasteiger partial charge on any atom is 0.221 e. The van der Waals surface area contributed by atoms with Crippen molar-refractivity contribution in [2.24, 2.45) is 0 Å². The maximum absolute atomic E-state index is 5.33. The van der Waals surface area contributed by atoms with Gasteiger partial charge in [-0.1, -0.05) is 0 Å². The molecule has 0 bridgehead atoms. The second kappa shape index (κ2) is 5.95. The van der Waals surface area contributed by atoms with Gasteiger partial charge in [-0.15, -0.1) is 0 Å². The lowest BCUT2D eigenvalue weighted by Crippen LogP contribution is -2.46. The minimum absolute atomic E-state index is 0.544. The molecule has 1 aromatic rings. The Hall–Kier alpha value is -1.36. The fourth-order valence-electron chi connectivity index (χ4n) is 3.00. The summed E-state index contributed by atoms with van der Waals surface area (Å²) in [5, 5.41) is 3.66. The number of methoxy groups -OCH3 is 1. The Morgan fingerprint density at radius 1 is 1.30 bits per heavy atom. The number of anilines is 1. The first kappa shape index (κ1) is 13.6. The summed E-state index contributed by atoms with van der Waals surface area (Å²) in [6.45, 7) is 4.20. The van der Waals surface area contributed by atoms with E-state index in [0.717, 1.165) is 30.5 Å².